The van der Waals surface area contributed by atoms with Crippen molar-refractivity contribution in [2.45, 2.75) is 12.8 Å². The van der Waals surface area contributed by atoms with E-state index >= 15 is 0 Å². The van der Waals surface area contributed by atoms with E-state index in [1.54, 1.807) is 0 Å². The van der Waals surface area contributed by atoms with Gasteiger partial charge in [0.25, 0.3) is 0 Å². The molecule has 4 unspecified atom stereocenters. The Morgan fingerprint density at radius 3 is 1.42 bits per heavy atom. The van der Waals surface area contributed by atoms with Crippen LogP contribution in [0, 0.1) is 23.7 Å². The maximum absolute atomic E-state index is 2.49. The highest BCUT2D eigenvalue weighted by atomic mass is 14.3. The van der Waals surface area contributed by atoms with Gasteiger partial charge in [-0.3, -0.25) is 0 Å². The molecular formula is C66H48. The van der Waals surface area contributed by atoms with Crippen molar-refractivity contribution in [3.63, 3.8) is 0 Å². The summed E-state index contributed by atoms with van der Waals surface area (Å²) in [5, 5.41) is 10.5. The van der Waals surface area contributed by atoms with Crippen molar-refractivity contribution in [1.82, 2.24) is 0 Å². The predicted molar refractivity (Wildman–Crippen MR) is 280 cm³/mol. The predicted octanol–water partition coefficient (Wildman–Crippen LogP) is 13.4. The molecule has 5 aliphatic rings. The molecule has 0 amide bonds. The van der Waals surface area contributed by atoms with Crippen molar-refractivity contribution in [2.24, 2.45) is 23.7 Å². The van der Waals surface area contributed by atoms with Crippen LogP contribution in [0.2, 0.25) is 0 Å². The molecule has 8 aromatic rings. The summed E-state index contributed by atoms with van der Waals surface area (Å²) < 4.78 is 0. The summed E-state index contributed by atoms with van der Waals surface area (Å²) in [5.74, 6) is 1.34. The molecule has 0 saturated heterocycles. The molecule has 312 valence electrons. The second kappa shape index (κ2) is 16.0. The first-order chi connectivity index (χ1) is 32.7. The number of hydrogen-bond donors (Lipinski definition) is 0. The van der Waals surface area contributed by atoms with E-state index in [0.29, 0.717) is 11.8 Å². The van der Waals surface area contributed by atoms with E-state index < -0.39 is 0 Å². The lowest BCUT2D eigenvalue weighted by Crippen LogP contribution is -2.40. The van der Waals surface area contributed by atoms with Gasteiger partial charge in [0.2, 0.25) is 0 Å². The van der Waals surface area contributed by atoms with Gasteiger partial charge in [0.15, 0.2) is 0 Å². The van der Waals surface area contributed by atoms with Crippen molar-refractivity contribution in [2.75, 3.05) is 0 Å². The standard InChI is InChI=1S/C66H48/c1-3-15-51-41-53(39-29-43(51)13-1)45-25-31-47(32-26-45)63-55-17-5-9-21-59(55)65(60-22-10-6-18-56(60)63)49-35-37-50(38-36-49)66-61-23-11-7-19-57(61)64(58-20-8-12-24-62(58)66)48-33-27-46(28-34-48)54-40-30-44-14-2-4-16-52(44)42-54/h1-7,9-11,13-43,51,55,59H,8,12H2. The van der Waals surface area contributed by atoms with E-state index in [0.717, 1.165) is 12.8 Å². The van der Waals surface area contributed by atoms with Crippen LogP contribution in [0.15, 0.2) is 231 Å². The molecule has 0 fully saturated rings. The molecule has 0 nitrogen and oxygen atoms in total. The number of allylic oxidation sites excluding steroid dienone is 12. The fourth-order valence-corrected chi connectivity index (χ4v) is 11.7. The Labute approximate surface area is 386 Å². The molecule has 0 heterocycles. The van der Waals surface area contributed by atoms with Gasteiger partial charge in [0.1, 0.15) is 0 Å². The SMILES string of the molecule is C1=CC2C=CC(c3ccc(C4=c5ccccc5=C(c5ccc(-c6c7c(c(-c8ccc(-c9ccc%10ccccc%10c9)cc8)c8ccccc68)=CCCC=7)cc5)C5C=CC=CC45)cc3)=CC2C=C1. The lowest BCUT2D eigenvalue weighted by Gasteiger charge is -2.33. The summed E-state index contributed by atoms with van der Waals surface area (Å²) in [4.78, 5) is 0. The third-order valence-corrected chi connectivity index (χ3v) is 14.8. The van der Waals surface area contributed by atoms with Gasteiger partial charge in [-0.25, -0.2) is 0 Å². The zero-order chi connectivity index (χ0) is 43.6. The van der Waals surface area contributed by atoms with Gasteiger partial charge in [-0.15, -0.1) is 0 Å². The summed E-state index contributed by atoms with van der Waals surface area (Å²) in [5.41, 5.74) is 15.6. The molecule has 66 heavy (non-hydrogen) atoms. The average molecular weight is 841 g/mol. The minimum Gasteiger partial charge on any atom is -0.0767 e. The number of rotatable bonds is 6. The van der Waals surface area contributed by atoms with E-state index in [9.17, 15) is 0 Å². The van der Waals surface area contributed by atoms with Crippen LogP contribution < -0.4 is 20.9 Å². The summed E-state index contributed by atoms with van der Waals surface area (Å²) in [6.07, 6.45) is 32.4. The quantitative estimate of drug-likeness (QED) is 0.156. The van der Waals surface area contributed by atoms with Crippen LogP contribution in [-0.4, -0.2) is 0 Å². The second-order valence-corrected chi connectivity index (χ2v) is 18.5. The Bertz CT molecular complexity index is 3730. The van der Waals surface area contributed by atoms with Crippen LogP contribution >= 0.6 is 0 Å². The average Bonchev–Trinajstić information content (AvgIpc) is 3.39. The molecule has 0 saturated carbocycles. The summed E-state index contributed by atoms with van der Waals surface area (Å²) >= 11 is 0. The molecule has 0 aromatic heterocycles. The van der Waals surface area contributed by atoms with Crippen LogP contribution in [0.1, 0.15) is 29.5 Å². The zero-order valence-electron chi connectivity index (χ0n) is 36.8. The number of hydrogen-bond acceptors (Lipinski definition) is 0. The van der Waals surface area contributed by atoms with E-state index in [2.05, 4.69) is 243 Å². The fourth-order valence-electron chi connectivity index (χ4n) is 11.7. The molecule has 5 aliphatic carbocycles. The molecule has 8 aromatic carbocycles. The Balaban J connectivity index is 0.898. The fraction of sp³-hybridized carbons (Fsp3) is 0.0909. The lowest BCUT2D eigenvalue weighted by atomic mass is 9.70. The minimum absolute atomic E-state index is 0.223. The summed E-state index contributed by atoms with van der Waals surface area (Å²) in [6, 6.07) is 61.7. The van der Waals surface area contributed by atoms with Gasteiger partial charge in [0.05, 0.1) is 0 Å². The van der Waals surface area contributed by atoms with Crippen LogP contribution in [0.3, 0.4) is 0 Å². The maximum Gasteiger partial charge on any atom is 0.0137 e. The van der Waals surface area contributed by atoms with Crippen LogP contribution in [0.25, 0.3) is 83.8 Å². The molecule has 0 radical (unpaired) electrons. The van der Waals surface area contributed by atoms with Gasteiger partial charge in [-0.1, -0.05) is 237 Å². The third-order valence-electron chi connectivity index (χ3n) is 14.8. The lowest BCUT2D eigenvalue weighted by molar-refractivity contribution is 0.663. The van der Waals surface area contributed by atoms with Gasteiger partial charge < -0.3 is 0 Å². The molecular weight excluding hydrogens is 793 g/mol. The van der Waals surface area contributed by atoms with Gasteiger partial charge in [-0.2, -0.15) is 0 Å². The van der Waals surface area contributed by atoms with E-state index in [1.165, 1.54) is 109 Å². The van der Waals surface area contributed by atoms with E-state index in [-0.39, 0.29) is 11.8 Å². The highest BCUT2D eigenvalue weighted by Gasteiger charge is 2.32. The van der Waals surface area contributed by atoms with Crippen LogP contribution in [0.4, 0.5) is 0 Å². The topological polar surface area (TPSA) is 0 Å². The monoisotopic (exact) mass is 840 g/mol. The first kappa shape index (κ1) is 38.6. The highest BCUT2D eigenvalue weighted by molar-refractivity contribution is 6.06. The minimum atomic E-state index is 0.223. The van der Waals surface area contributed by atoms with Crippen molar-refractivity contribution < 1.29 is 0 Å². The Morgan fingerprint density at radius 2 is 0.818 bits per heavy atom. The zero-order valence-corrected chi connectivity index (χ0v) is 36.8. The van der Waals surface area contributed by atoms with Crippen LogP contribution in [-0.2, 0) is 0 Å². The summed E-state index contributed by atoms with van der Waals surface area (Å²) in [6.45, 7) is 0. The Hall–Kier alpha value is -7.80. The van der Waals surface area contributed by atoms with Crippen molar-refractivity contribution >= 4 is 50.4 Å². The largest absolute Gasteiger partial charge is 0.0767 e. The van der Waals surface area contributed by atoms with Gasteiger partial charge in [-0.05, 0) is 128 Å². The molecule has 4 atom stereocenters. The van der Waals surface area contributed by atoms with E-state index in [4.69, 9.17) is 0 Å². The van der Waals surface area contributed by atoms with Gasteiger partial charge >= 0.3 is 0 Å². The number of benzene rings is 8. The third kappa shape index (κ3) is 6.51. The normalized spacial score (nSPS) is 20.0. The van der Waals surface area contributed by atoms with Crippen molar-refractivity contribution in [3.05, 3.63) is 268 Å². The van der Waals surface area contributed by atoms with Crippen molar-refractivity contribution in [3.8, 4) is 33.4 Å². The van der Waals surface area contributed by atoms with Crippen molar-refractivity contribution in [1.29, 1.82) is 0 Å². The maximum atomic E-state index is 2.49. The van der Waals surface area contributed by atoms with Gasteiger partial charge in [0, 0.05) is 23.7 Å². The Morgan fingerprint density at radius 1 is 0.348 bits per heavy atom. The Kier molecular flexibility index (Phi) is 9.38. The first-order valence-corrected chi connectivity index (χ1v) is 23.7. The highest BCUT2D eigenvalue weighted by Crippen LogP contribution is 2.42. The molecule has 13 rings (SSSR count). The molecule has 0 N–H and O–H groups in total. The first-order valence-electron chi connectivity index (χ1n) is 23.7. The summed E-state index contributed by atoms with van der Waals surface area (Å²) in [7, 11) is 0. The molecule has 0 bridgehead atoms. The number of fused-ring (bicyclic) bond motifs is 6. The molecule has 0 spiro atoms. The second-order valence-electron chi connectivity index (χ2n) is 18.5. The van der Waals surface area contributed by atoms with E-state index in [1.807, 2.05) is 0 Å². The smallest absolute Gasteiger partial charge is 0.0137 e. The molecule has 0 aliphatic heterocycles. The van der Waals surface area contributed by atoms with Crippen LogP contribution in [0.5, 0.6) is 0 Å². The molecule has 0 heteroatoms.